The summed E-state index contributed by atoms with van der Waals surface area (Å²) in [5.74, 6) is 0.0301. The summed E-state index contributed by atoms with van der Waals surface area (Å²) in [6.07, 6.45) is 3.61. The van der Waals surface area contributed by atoms with Crippen molar-refractivity contribution in [1.82, 2.24) is 19.7 Å². The van der Waals surface area contributed by atoms with Gasteiger partial charge in [-0.05, 0) is 60.5 Å². The van der Waals surface area contributed by atoms with Gasteiger partial charge in [-0.1, -0.05) is 24.3 Å². The summed E-state index contributed by atoms with van der Waals surface area (Å²) >= 11 is 0. The normalized spacial score (nSPS) is 14.3. The molecule has 4 aromatic rings. The number of fused-ring (bicyclic) bond motifs is 1. The molecule has 31 heavy (non-hydrogen) atoms. The van der Waals surface area contributed by atoms with Gasteiger partial charge in [-0.3, -0.25) is 9.78 Å². The first-order valence-corrected chi connectivity index (χ1v) is 10.6. The molecule has 1 saturated heterocycles. The molecule has 0 unspecified atom stereocenters. The maximum Gasteiger partial charge on any atom is 0.272 e. The van der Waals surface area contributed by atoms with E-state index < -0.39 is 0 Å². The molecule has 0 aliphatic carbocycles. The number of benzene rings is 2. The van der Waals surface area contributed by atoms with Crippen LogP contribution in [0.4, 0.5) is 5.69 Å². The van der Waals surface area contributed by atoms with E-state index in [1.807, 2.05) is 46.8 Å². The maximum atomic E-state index is 13.5. The van der Waals surface area contributed by atoms with Gasteiger partial charge in [-0.2, -0.15) is 5.10 Å². The lowest BCUT2D eigenvalue weighted by Crippen LogP contribution is -2.49. The molecule has 1 fully saturated rings. The minimum Gasteiger partial charge on any atom is -0.368 e. The first-order valence-electron chi connectivity index (χ1n) is 10.6. The average Bonchev–Trinajstić information content (AvgIpc) is 3.20. The number of hydrogen-bond acceptors (Lipinski definition) is 4. The monoisotopic (exact) mass is 411 g/mol. The third-order valence-electron chi connectivity index (χ3n) is 5.94. The smallest absolute Gasteiger partial charge is 0.272 e. The second kappa shape index (κ2) is 7.87. The molecule has 0 bridgehead atoms. The van der Waals surface area contributed by atoms with E-state index in [9.17, 15) is 4.79 Å². The molecule has 6 heteroatoms. The quantitative estimate of drug-likeness (QED) is 0.511. The van der Waals surface area contributed by atoms with E-state index in [4.69, 9.17) is 0 Å². The lowest BCUT2D eigenvalue weighted by molar-refractivity contribution is 0.0737. The van der Waals surface area contributed by atoms with Crippen molar-refractivity contribution in [3.05, 3.63) is 83.9 Å². The summed E-state index contributed by atoms with van der Waals surface area (Å²) in [7, 11) is 0. The summed E-state index contributed by atoms with van der Waals surface area (Å²) in [5.41, 5.74) is 4.65. The van der Waals surface area contributed by atoms with E-state index in [0.717, 1.165) is 41.1 Å². The van der Waals surface area contributed by atoms with Crippen molar-refractivity contribution in [2.24, 2.45) is 0 Å². The highest BCUT2D eigenvalue weighted by atomic mass is 16.2. The highest BCUT2D eigenvalue weighted by Gasteiger charge is 2.26. The predicted molar refractivity (Wildman–Crippen MR) is 123 cm³/mol. The first kappa shape index (κ1) is 19.3. The lowest BCUT2D eigenvalue weighted by atomic mass is 10.1. The van der Waals surface area contributed by atoms with Gasteiger partial charge in [-0.15, -0.1) is 0 Å². The SMILES string of the molecule is Cc1cc(C(=O)N2CCN(c3ccncc3)CC2)n(-c2cc3ccccc3cc2C)n1. The van der Waals surface area contributed by atoms with Crippen molar-refractivity contribution < 1.29 is 4.79 Å². The average molecular weight is 412 g/mol. The zero-order valence-corrected chi connectivity index (χ0v) is 17.8. The summed E-state index contributed by atoms with van der Waals surface area (Å²) < 4.78 is 1.81. The lowest BCUT2D eigenvalue weighted by Gasteiger charge is -2.36. The molecule has 5 rings (SSSR count). The van der Waals surface area contributed by atoms with Crippen LogP contribution in [-0.4, -0.2) is 51.8 Å². The van der Waals surface area contributed by atoms with Crippen LogP contribution in [0.3, 0.4) is 0 Å². The highest BCUT2D eigenvalue weighted by Crippen LogP contribution is 2.25. The number of piperazine rings is 1. The summed E-state index contributed by atoms with van der Waals surface area (Å²) in [5, 5.41) is 7.01. The van der Waals surface area contributed by atoms with Gasteiger partial charge in [0.05, 0.1) is 11.4 Å². The molecule has 0 saturated carbocycles. The number of pyridine rings is 1. The van der Waals surface area contributed by atoms with Crippen molar-refractivity contribution in [3.63, 3.8) is 0 Å². The van der Waals surface area contributed by atoms with E-state index in [1.54, 1.807) is 12.4 Å². The van der Waals surface area contributed by atoms with Gasteiger partial charge >= 0.3 is 0 Å². The van der Waals surface area contributed by atoms with Gasteiger partial charge < -0.3 is 9.80 Å². The van der Waals surface area contributed by atoms with Crippen LogP contribution in [0.2, 0.25) is 0 Å². The number of rotatable bonds is 3. The Hall–Kier alpha value is -3.67. The fourth-order valence-corrected chi connectivity index (χ4v) is 4.29. The predicted octanol–water partition coefficient (Wildman–Crippen LogP) is 4.00. The molecule has 0 radical (unpaired) electrons. The Morgan fingerprint density at radius 3 is 2.26 bits per heavy atom. The van der Waals surface area contributed by atoms with Crippen LogP contribution < -0.4 is 4.90 Å². The van der Waals surface area contributed by atoms with Gasteiger partial charge in [0.15, 0.2) is 0 Å². The number of anilines is 1. The largest absolute Gasteiger partial charge is 0.368 e. The fraction of sp³-hybridized carbons (Fsp3) is 0.240. The number of nitrogens with zero attached hydrogens (tertiary/aromatic N) is 5. The van der Waals surface area contributed by atoms with E-state index >= 15 is 0 Å². The van der Waals surface area contributed by atoms with Crippen LogP contribution in [-0.2, 0) is 0 Å². The second-order valence-electron chi connectivity index (χ2n) is 8.05. The number of aromatic nitrogens is 3. The zero-order chi connectivity index (χ0) is 21.4. The topological polar surface area (TPSA) is 54.3 Å². The molecule has 2 aromatic heterocycles. The molecule has 156 valence electrons. The van der Waals surface area contributed by atoms with Crippen LogP contribution in [0.5, 0.6) is 0 Å². The molecule has 0 spiro atoms. The van der Waals surface area contributed by atoms with Gasteiger partial charge in [0.1, 0.15) is 5.69 Å². The summed E-state index contributed by atoms with van der Waals surface area (Å²) in [6.45, 7) is 6.98. The molecule has 6 nitrogen and oxygen atoms in total. The van der Waals surface area contributed by atoms with Gasteiger partial charge in [0.2, 0.25) is 0 Å². The molecular formula is C25H25N5O. The van der Waals surface area contributed by atoms with Crippen LogP contribution >= 0.6 is 0 Å². The Balaban J connectivity index is 1.42. The number of hydrogen-bond donors (Lipinski definition) is 0. The minimum atomic E-state index is 0.0301. The standard InChI is InChI=1S/C25H25N5O/c1-18-15-20-5-3-4-6-21(20)17-23(18)30-24(16-19(2)27-30)25(31)29-13-11-28(12-14-29)22-7-9-26-10-8-22/h3-10,15-17H,11-14H2,1-2H3. The van der Waals surface area contributed by atoms with E-state index in [1.165, 1.54) is 5.39 Å². The van der Waals surface area contributed by atoms with Gasteiger partial charge in [0, 0.05) is 44.3 Å². The van der Waals surface area contributed by atoms with Crippen molar-refractivity contribution in [2.75, 3.05) is 31.1 Å². The Morgan fingerprint density at radius 1 is 0.871 bits per heavy atom. The highest BCUT2D eigenvalue weighted by molar-refractivity contribution is 5.94. The van der Waals surface area contributed by atoms with Gasteiger partial charge in [0.25, 0.3) is 5.91 Å². The van der Waals surface area contributed by atoms with Crippen LogP contribution in [0.25, 0.3) is 16.5 Å². The van der Waals surface area contributed by atoms with Gasteiger partial charge in [-0.25, -0.2) is 4.68 Å². The number of carbonyl (C=O) groups is 1. The Bertz CT molecular complexity index is 1240. The molecule has 3 heterocycles. The molecular weight excluding hydrogens is 386 g/mol. The Kier molecular flexibility index (Phi) is 4.90. The molecule has 0 N–H and O–H groups in total. The number of carbonyl (C=O) groups excluding carboxylic acids is 1. The Morgan fingerprint density at radius 2 is 1.55 bits per heavy atom. The molecule has 1 aliphatic rings. The van der Waals surface area contributed by atoms with E-state index in [0.29, 0.717) is 18.8 Å². The number of amides is 1. The van der Waals surface area contributed by atoms with Crippen molar-refractivity contribution >= 4 is 22.4 Å². The minimum absolute atomic E-state index is 0.0301. The second-order valence-corrected chi connectivity index (χ2v) is 8.05. The van der Waals surface area contributed by atoms with E-state index in [-0.39, 0.29) is 5.91 Å². The van der Waals surface area contributed by atoms with Crippen molar-refractivity contribution in [2.45, 2.75) is 13.8 Å². The number of aryl methyl sites for hydroxylation is 2. The van der Waals surface area contributed by atoms with Crippen molar-refractivity contribution in [3.8, 4) is 5.69 Å². The van der Waals surface area contributed by atoms with Crippen LogP contribution in [0.1, 0.15) is 21.7 Å². The third kappa shape index (κ3) is 3.65. The van der Waals surface area contributed by atoms with Crippen LogP contribution in [0, 0.1) is 13.8 Å². The molecule has 0 atom stereocenters. The molecule has 2 aromatic carbocycles. The molecule has 1 aliphatic heterocycles. The van der Waals surface area contributed by atoms with Crippen molar-refractivity contribution in [1.29, 1.82) is 0 Å². The third-order valence-corrected chi connectivity index (χ3v) is 5.94. The summed E-state index contributed by atoms with van der Waals surface area (Å²) in [4.78, 5) is 21.8. The molecule has 1 amide bonds. The van der Waals surface area contributed by atoms with Crippen LogP contribution in [0.15, 0.2) is 67.0 Å². The summed E-state index contributed by atoms with van der Waals surface area (Å²) in [6, 6.07) is 18.5. The zero-order valence-electron chi connectivity index (χ0n) is 17.8. The van der Waals surface area contributed by atoms with E-state index in [2.05, 4.69) is 46.2 Å². The Labute approximate surface area is 181 Å². The fourth-order valence-electron chi connectivity index (χ4n) is 4.29. The maximum absolute atomic E-state index is 13.5. The first-order chi connectivity index (χ1) is 15.1.